The van der Waals surface area contributed by atoms with Gasteiger partial charge in [0, 0.05) is 23.1 Å². The number of hydrogen-bond acceptors (Lipinski definition) is 7. The molecular formula is C28H28N2O6S. The first-order chi connectivity index (χ1) is 17.9. The van der Waals surface area contributed by atoms with E-state index >= 15 is 0 Å². The fourth-order valence-electron chi connectivity index (χ4n) is 4.22. The molecule has 0 radical (unpaired) electrons. The number of thiophene rings is 1. The summed E-state index contributed by atoms with van der Waals surface area (Å²) in [5.41, 5.74) is 2.57. The molecule has 2 N–H and O–H groups in total. The third kappa shape index (κ3) is 6.24. The minimum absolute atomic E-state index is 0.224. The van der Waals surface area contributed by atoms with Crippen LogP contribution in [0.25, 0.3) is 0 Å². The van der Waals surface area contributed by atoms with Gasteiger partial charge in [0.2, 0.25) is 12.0 Å². The molecule has 192 valence electrons. The van der Waals surface area contributed by atoms with Gasteiger partial charge in [0.25, 0.3) is 5.91 Å². The Balaban J connectivity index is 1.60. The van der Waals surface area contributed by atoms with Crippen LogP contribution in [-0.4, -0.2) is 30.4 Å². The molecule has 37 heavy (non-hydrogen) atoms. The molecule has 1 aliphatic rings. The van der Waals surface area contributed by atoms with E-state index in [4.69, 9.17) is 9.47 Å². The molecule has 1 aromatic heterocycles. The molecule has 8 nitrogen and oxygen atoms in total. The van der Waals surface area contributed by atoms with Gasteiger partial charge in [0.05, 0.1) is 17.7 Å². The highest BCUT2D eigenvalue weighted by atomic mass is 32.1. The Morgan fingerprint density at radius 3 is 2.30 bits per heavy atom. The number of nitrogens with one attached hydrogen (secondary N) is 2. The number of fused-ring (bicyclic) bond motifs is 1. The molecule has 0 unspecified atom stereocenters. The lowest BCUT2D eigenvalue weighted by Crippen LogP contribution is -2.26. The average Bonchev–Trinajstić information content (AvgIpc) is 3.25. The van der Waals surface area contributed by atoms with Gasteiger partial charge >= 0.3 is 11.9 Å². The maximum atomic E-state index is 13.5. The number of carbonyl (C=O) groups excluding carboxylic acids is 4. The van der Waals surface area contributed by atoms with Crippen LogP contribution >= 0.6 is 11.3 Å². The fourth-order valence-corrected chi connectivity index (χ4v) is 5.50. The lowest BCUT2D eigenvalue weighted by molar-refractivity contribution is -0.125. The number of ether oxygens (including phenoxy) is 2. The first kappa shape index (κ1) is 26.1. The highest BCUT2D eigenvalue weighted by Gasteiger charge is 2.31. The van der Waals surface area contributed by atoms with E-state index in [1.54, 1.807) is 49.4 Å². The number of rotatable bonds is 8. The van der Waals surface area contributed by atoms with Crippen molar-refractivity contribution in [1.82, 2.24) is 0 Å². The molecule has 0 saturated carbocycles. The molecule has 0 spiro atoms. The summed E-state index contributed by atoms with van der Waals surface area (Å²) in [5.74, 6) is -1.97. The Bertz CT molecular complexity index is 1300. The molecule has 0 bridgehead atoms. The normalized spacial score (nSPS) is 13.1. The predicted molar refractivity (Wildman–Crippen MR) is 141 cm³/mol. The number of hydrogen-bond donors (Lipinski definition) is 2. The average molecular weight is 521 g/mol. The van der Waals surface area contributed by atoms with Crippen LogP contribution < -0.4 is 10.6 Å². The summed E-state index contributed by atoms with van der Waals surface area (Å²) in [5, 5.41) is 5.89. The first-order valence-corrected chi connectivity index (χ1v) is 12.9. The maximum Gasteiger partial charge on any atom is 0.341 e. The van der Waals surface area contributed by atoms with Crippen LogP contribution in [0, 0.1) is 0 Å². The van der Waals surface area contributed by atoms with Crippen molar-refractivity contribution < 1.29 is 28.7 Å². The topological polar surface area (TPSA) is 111 Å². The monoisotopic (exact) mass is 520 g/mol. The van der Waals surface area contributed by atoms with Crippen LogP contribution in [0.15, 0.2) is 54.6 Å². The first-order valence-electron chi connectivity index (χ1n) is 12.1. The number of benzene rings is 2. The summed E-state index contributed by atoms with van der Waals surface area (Å²) in [7, 11) is 0. The highest BCUT2D eigenvalue weighted by molar-refractivity contribution is 7.17. The van der Waals surface area contributed by atoms with Crippen LogP contribution in [0.3, 0.4) is 0 Å². The zero-order valence-electron chi connectivity index (χ0n) is 20.7. The van der Waals surface area contributed by atoms with E-state index in [1.807, 2.05) is 0 Å². The Kier molecular flexibility index (Phi) is 8.35. The summed E-state index contributed by atoms with van der Waals surface area (Å²) >= 11 is 1.37. The smallest absolute Gasteiger partial charge is 0.341 e. The van der Waals surface area contributed by atoms with Crippen LogP contribution in [0.1, 0.15) is 69.5 Å². The Labute approximate surface area is 219 Å². The molecular weight excluding hydrogens is 492 g/mol. The van der Waals surface area contributed by atoms with Crippen molar-refractivity contribution in [2.75, 3.05) is 17.2 Å². The van der Waals surface area contributed by atoms with Gasteiger partial charge in [-0.1, -0.05) is 30.3 Å². The molecule has 1 atom stereocenters. The van der Waals surface area contributed by atoms with E-state index in [1.165, 1.54) is 30.4 Å². The van der Waals surface area contributed by atoms with Crippen LogP contribution in [0.2, 0.25) is 0 Å². The van der Waals surface area contributed by atoms with Gasteiger partial charge in [0.1, 0.15) is 5.00 Å². The van der Waals surface area contributed by atoms with E-state index in [-0.39, 0.29) is 18.1 Å². The number of aryl methyl sites for hydroxylation is 1. The van der Waals surface area contributed by atoms with E-state index in [0.29, 0.717) is 21.8 Å². The molecule has 0 saturated heterocycles. The molecule has 1 heterocycles. The molecule has 1 aliphatic carbocycles. The molecule has 4 rings (SSSR count). The van der Waals surface area contributed by atoms with Gasteiger partial charge in [-0.3, -0.25) is 9.59 Å². The third-order valence-corrected chi connectivity index (χ3v) is 7.10. The van der Waals surface area contributed by atoms with Crippen molar-refractivity contribution >= 4 is 45.8 Å². The van der Waals surface area contributed by atoms with Crippen molar-refractivity contribution in [2.45, 2.75) is 45.6 Å². The number of amides is 2. The molecule has 2 aromatic carbocycles. The summed E-state index contributed by atoms with van der Waals surface area (Å²) in [6, 6.07) is 14.9. The zero-order chi connectivity index (χ0) is 26.4. The van der Waals surface area contributed by atoms with Crippen molar-refractivity contribution in [3.8, 4) is 0 Å². The number of carbonyl (C=O) groups is 4. The molecule has 3 aromatic rings. The van der Waals surface area contributed by atoms with Gasteiger partial charge in [-0.2, -0.15) is 0 Å². The number of anilines is 2. The van der Waals surface area contributed by atoms with Crippen LogP contribution in [0.4, 0.5) is 10.7 Å². The second kappa shape index (κ2) is 11.8. The quantitative estimate of drug-likeness (QED) is 0.390. The Morgan fingerprint density at radius 2 is 1.62 bits per heavy atom. The van der Waals surface area contributed by atoms with E-state index < -0.39 is 23.9 Å². The van der Waals surface area contributed by atoms with Crippen LogP contribution in [-0.2, 0) is 31.9 Å². The minimum atomic E-state index is -1.25. The van der Waals surface area contributed by atoms with E-state index in [2.05, 4.69) is 10.6 Å². The third-order valence-electron chi connectivity index (χ3n) is 5.89. The molecule has 0 aliphatic heterocycles. The van der Waals surface area contributed by atoms with Crippen molar-refractivity contribution in [1.29, 1.82) is 0 Å². The summed E-state index contributed by atoms with van der Waals surface area (Å²) in [6.07, 6.45) is 2.33. The lowest BCUT2D eigenvalue weighted by Gasteiger charge is -2.18. The van der Waals surface area contributed by atoms with Crippen LogP contribution in [0.5, 0.6) is 0 Å². The number of esters is 2. The largest absolute Gasteiger partial charge is 0.462 e. The zero-order valence-corrected chi connectivity index (χ0v) is 21.5. The Morgan fingerprint density at radius 1 is 0.919 bits per heavy atom. The molecule has 9 heteroatoms. The Hall–Kier alpha value is -3.98. The summed E-state index contributed by atoms with van der Waals surface area (Å²) < 4.78 is 11.0. The maximum absolute atomic E-state index is 13.5. The van der Waals surface area contributed by atoms with Gasteiger partial charge in [-0.25, -0.2) is 9.59 Å². The van der Waals surface area contributed by atoms with Gasteiger partial charge in [-0.05, 0) is 62.4 Å². The van der Waals surface area contributed by atoms with Gasteiger partial charge in [0.15, 0.2) is 0 Å². The summed E-state index contributed by atoms with van der Waals surface area (Å²) in [6.45, 7) is 3.35. The summed E-state index contributed by atoms with van der Waals surface area (Å²) in [4.78, 5) is 51.6. The van der Waals surface area contributed by atoms with Crippen molar-refractivity contribution in [3.63, 3.8) is 0 Å². The SMILES string of the molecule is CCOC(=O)c1c(NC(=O)[C@@H](OC(=O)c2ccc(NC(C)=O)cc2)c2ccccc2)sc2c1CCCC2. The van der Waals surface area contributed by atoms with Crippen molar-refractivity contribution in [2.24, 2.45) is 0 Å². The standard InChI is InChI=1S/C28H28N2O6S/c1-3-35-28(34)23-21-11-7-8-12-22(21)37-26(23)30-25(32)24(18-9-5-4-6-10-18)36-27(33)19-13-15-20(16-14-19)29-17(2)31/h4-6,9-10,13-16,24H,3,7-8,11-12H2,1-2H3,(H,29,31)(H,30,32)/t24-/m0/s1. The lowest BCUT2D eigenvalue weighted by atomic mass is 9.95. The highest BCUT2D eigenvalue weighted by Crippen LogP contribution is 2.39. The minimum Gasteiger partial charge on any atom is -0.462 e. The predicted octanol–water partition coefficient (Wildman–Crippen LogP) is 5.30. The van der Waals surface area contributed by atoms with E-state index in [0.717, 1.165) is 36.1 Å². The van der Waals surface area contributed by atoms with Gasteiger partial charge < -0.3 is 20.1 Å². The second-order valence-corrected chi connectivity index (χ2v) is 9.68. The fraction of sp³-hybridized carbons (Fsp3) is 0.286. The van der Waals surface area contributed by atoms with Gasteiger partial charge in [-0.15, -0.1) is 11.3 Å². The molecule has 2 amide bonds. The van der Waals surface area contributed by atoms with Crippen molar-refractivity contribution in [3.05, 3.63) is 81.7 Å². The van der Waals surface area contributed by atoms with E-state index in [9.17, 15) is 19.2 Å². The second-order valence-electron chi connectivity index (χ2n) is 8.58. The molecule has 0 fully saturated rings.